The number of ether oxygens (including phenoxy) is 1. The summed E-state index contributed by atoms with van der Waals surface area (Å²) in [5, 5.41) is 5.76. The lowest BCUT2D eigenvalue weighted by Crippen LogP contribution is -2.44. The zero-order valence-electron chi connectivity index (χ0n) is 18.6. The van der Waals surface area contributed by atoms with Crippen LogP contribution in [0.5, 0.6) is 5.75 Å². The summed E-state index contributed by atoms with van der Waals surface area (Å²) in [5.41, 5.74) is 2.25. The molecule has 2 aromatic carbocycles. The number of rotatable bonds is 8. The van der Waals surface area contributed by atoms with Crippen LogP contribution in [0.25, 0.3) is 0 Å². The first-order valence-corrected chi connectivity index (χ1v) is 11.0. The molecule has 2 aliphatic rings. The molecular formula is C25H29N3O4. The first-order chi connectivity index (χ1) is 15.4. The van der Waals surface area contributed by atoms with Crippen LogP contribution in [-0.2, 0) is 9.59 Å². The van der Waals surface area contributed by atoms with Crippen LogP contribution in [0, 0.1) is 5.92 Å². The summed E-state index contributed by atoms with van der Waals surface area (Å²) in [4.78, 5) is 40.2. The highest BCUT2D eigenvalue weighted by atomic mass is 16.5. The molecule has 1 aliphatic carbocycles. The summed E-state index contributed by atoms with van der Waals surface area (Å²) < 4.78 is 5.20. The van der Waals surface area contributed by atoms with Gasteiger partial charge in [-0.25, -0.2) is 0 Å². The van der Waals surface area contributed by atoms with Crippen molar-refractivity contribution < 1.29 is 19.1 Å². The number of fused-ring (bicyclic) bond motifs is 1. The lowest BCUT2D eigenvalue weighted by molar-refractivity contribution is -0.129. The number of hydrogen-bond acceptors (Lipinski definition) is 4. The standard InChI is InChI=1S/C25H29N3O4/c1-15(2)22(16-8-12-18(32-3)13-9-16)27-21(29)14-26-24(30)23-19-6-4-5-7-20(19)25(31)28(23)17-10-11-17/h4-9,12-13,15,17,22-23H,10-11,14H2,1-3H3,(H,26,30)(H,27,29). The number of carbonyl (C=O) groups is 3. The Labute approximate surface area is 188 Å². The van der Waals surface area contributed by atoms with Gasteiger partial charge < -0.3 is 20.3 Å². The molecule has 0 radical (unpaired) electrons. The summed E-state index contributed by atoms with van der Waals surface area (Å²) in [6, 6.07) is 14.0. The Morgan fingerprint density at radius 2 is 1.78 bits per heavy atom. The number of amides is 3. The van der Waals surface area contributed by atoms with Gasteiger partial charge in [0.1, 0.15) is 11.8 Å². The number of nitrogens with zero attached hydrogens (tertiary/aromatic N) is 1. The maximum absolute atomic E-state index is 13.1. The smallest absolute Gasteiger partial charge is 0.255 e. The van der Waals surface area contributed by atoms with E-state index in [0.717, 1.165) is 24.2 Å². The van der Waals surface area contributed by atoms with Gasteiger partial charge in [0, 0.05) is 11.6 Å². The predicted octanol–water partition coefficient (Wildman–Crippen LogP) is 2.98. The van der Waals surface area contributed by atoms with Crippen molar-refractivity contribution in [3.05, 3.63) is 65.2 Å². The topological polar surface area (TPSA) is 87.7 Å². The predicted molar refractivity (Wildman–Crippen MR) is 120 cm³/mol. The summed E-state index contributed by atoms with van der Waals surface area (Å²) in [7, 11) is 1.61. The first-order valence-electron chi connectivity index (χ1n) is 11.0. The highest BCUT2D eigenvalue weighted by molar-refractivity contribution is 6.05. The van der Waals surface area contributed by atoms with E-state index in [0.29, 0.717) is 11.1 Å². The quantitative estimate of drug-likeness (QED) is 0.667. The van der Waals surface area contributed by atoms with Crippen LogP contribution >= 0.6 is 0 Å². The van der Waals surface area contributed by atoms with Crippen molar-refractivity contribution in [3.63, 3.8) is 0 Å². The van der Waals surface area contributed by atoms with Gasteiger partial charge in [-0.05, 0) is 48.1 Å². The second-order valence-electron chi connectivity index (χ2n) is 8.71. The van der Waals surface area contributed by atoms with Gasteiger partial charge >= 0.3 is 0 Å². The van der Waals surface area contributed by atoms with E-state index in [1.807, 2.05) is 50.2 Å². The normalized spacial score (nSPS) is 18.3. The molecule has 1 heterocycles. The molecule has 0 aromatic heterocycles. The van der Waals surface area contributed by atoms with E-state index in [1.165, 1.54) is 0 Å². The molecule has 168 valence electrons. The fourth-order valence-electron chi connectivity index (χ4n) is 4.27. The van der Waals surface area contributed by atoms with Gasteiger partial charge in [0.2, 0.25) is 11.8 Å². The maximum atomic E-state index is 13.1. The van der Waals surface area contributed by atoms with E-state index in [9.17, 15) is 14.4 Å². The summed E-state index contributed by atoms with van der Waals surface area (Å²) in [5.74, 6) is 0.209. The van der Waals surface area contributed by atoms with Crippen LogP contribution < -0.4 is 15.4 Å². The van der Waals surface area contributed by atoms with Crippen molar-refractivity contribution >= 4 is 17.7 Å². The van der Waals surface area contributed by atoms with Crippen LogP contribution in [0.4, 0.5) is 0 Å². The average molecular weight is 436 g/mol. The van der Waals surface area contributed by atoms with Gasteiger partial charge in [0.05, 0.1) is 19.7 Å². The molecule has 7 heteroatoms. The molecule has 2 atom stereocenters. The Kier molecular flexibility index (Phi) is 6.17. The zero-order chi connectivity index (χ0) is 22.8. The Balaban J connectivity index is 1.41. The molecular weight excluding hydrogens is 406 g/mol. The Morgan fingerprint density at radius 3 is 2.41 bits per heavy atom. The number of carbonyl (C=O) groups excluding carboxylic acids is 3. The highest BCUT2D eigenvalue weighted by Crippen LogP contribution is 2.41. The average Bonchev–Trinajstić information content (AvgIpc) is 3.59. The molecule has 2 N–H and O–H groups in total. The summed E-state index contributed by atoms with van der Waals surface area (Å²) >= 11 is 0. The minimum Gasteiger partial charge on any atom is -0.497 e. The van der Waals surface area contributed by atoms with Crippen LogP contribution in [0.2, 0.25) is 0 Å². The van der Waals surface area contributed by atoms with E-state index in [4.69, 9.17) is 4.74 Å². The van der Waals surface area contributed by atoms with Crippen molar-refractivity contribution in [1.29, 1.82) is 0 Å². The Hall–Kier alpha value is -3.35. The van der Waals surface area contributed by atoms with Gasteiger partial charge in [-0.1, -0.05) is 44.2 Å². The van der Waals surface area contributed by atoms with Crippen LogP contribution in [0.1, 0.15) is 60.3 Å². The molecule has 1 fully saturated rings. The molecule has 7 nitrogen and oxygen atoms in total. The second kappa shape index (κ2) is 9.02. The number of hydrogen-bond donors (Lipinski definition) is 2. The monoisotopic (exact) mass is 435 g/mol. The van der Waals surface area contributed by atoms with E-state index in [1.54, 1.807) is 24.1 Å². The SMILES string of the molecule is COc1ccc(C(NC(=O)CNC(=O)C2c3ccccc3C(=O)N2C2CC2)C(C)C)cc1. The lowest BCUT2D eigenvalue weighted by atomic mass is 9.96. The second-order valence-corrected chi connectivity index (χ2v) is 8.71. The third kappa shape index (κ3) is 4.33. The zero-order valence-corrected chi connectivity index (χ0v) is 18.6. The number of nitrogens with one attached hydrogen (secondary N) is 2. The van der Waals surface area contributed by atoms with Crippen molar-refractivity contribution in [2.75, 3.05) is 13.7 Å². The van der Waals surface area contributed by atoms with Crippen molar-refractivity contribution in [2.45, 2.75) is 44.8 Å². The molecule has 1 saturated carbocycles. The molecule has 1 aliphatic heterocycles. The maximum Gasteiger partial charge on any atom is 0.255 e. The fourth-order valence-corrected chi connectivity index (χ4v) is 4.27. The molecule has 32 heavy (non-hydrogen) atoms. The largest absolute Gasteiger partial charge is 0.497 e. The molecule has 2 unspecified atom stereocenters. The molecule has 4 rings (SSSR count). The van der Waals surface area contributed by atoms with Crippen molar-refractivity contribution in [1.82, 2.24) is 15.5 Å². The van der Waals surface area contributed by atoms with E-state index in [2.05, 4.69) is 10.6 Å². The van der Waals surface area contributed by atoms with Gasteiger partial charge in [-0.3, -0.25) is 14.4 Å². The molecule has 2 aromatic rings. The van der Waals surface area contributed by atoms with Gasteiger partial charge in [0.25, 0.3) is 5.91 Å². The fraction of sp³-hybridized carbons (Fsp3) is 0.400. The van der Waals surface area contributed by atoms with Gasteiger partial charge in [-0.15, -0.1) is 0 Å². The molecule has 0 spiro atoms. The third-order valence-electron chi connectivity index (χ3n) is 6.07. The van der Waals surface area contributed by atoms with Crippen LogP contribution in [-0.4, -0.2) is 42.3 Å². The Morgan fingerprint density at radius 1 is 1.09 bits per heavy atom. The molecule has 0 bridgehead atoms. The van der Waals surface area contributed by atoms with E-state index >= 15 is 0 Å². The van der Waals surface area contributed by atoms with E-state index < -0.39 is 6.04 Å². The lowest BCUT2D eigenvalue weighted by Gasteiger charge is -2.25. The summed E-state index contributed by atoms with van der Waals surface area (Å²) in [6.45, 7) is 3.91. The third-order valence-corrected chi connectivity index (χ3v) is 6.07. The van der Waals surface area contributed by atoms with Gasteiger partial charge in [0.15, 0.2) is 0 Å². The van der Waals surface area contributed by atoms with Gasteiger partial charge in [-0.2, -0.15) is 0 Å². The minimum atomic E-state index is -0.679. The number of methoxy groups -OCH3 is 1. The molecule has 0 saturated heterocycles. The summed E-state index contributed by atoms with van der Waals surface area (Å²) in [6.07, 6.45) is 1.81. The van der Waals surface area contributed by atoms with Crippen molar-refractivity contribution in [2.24, 2.45) is 5.92 Å². The van der Waals surface area contributed by atoms with E-state index in [-0.39, 0.29) is 42.3 Å². The number of benzene rings is 2. The van der Waals surface area contributed by atoms with Crippen molar-refractivity contribution in [3.8, 4) is 5.75 Å². The highest BCUT2D eigenvalue weighted by Gasteiger charge is 2.47. The van der Waals surface area contributed by atoms with Crippen LogP contribution in [0.3, 0.4) is 0 Å². The molecule has 3 amide bonds. The van der Waals surface area contributed by atoms with Crippen LogP contribution in [0.15, 0.2) is 48.5 Å². The minimum absolute atomic E-state index is 0.0971. The Bertz CT molecular complexity index is 1010. The first kappa shape index (κ1) is 21.9.